The van der Waals surface area contributed by atoms with Gasteiger partial charge in [0.1, 0.15) is 0 Å². The molecule has 16 heavy (non-hydrogen) atoms. The summed E-state index contributed by atoms with van der Waals surface area (Å²) >= 11 is 0. The van der Waals surface area contributed by atoms with Crippen molar-refractivity contribution >= 4 is 0 Å². The number of hydrogen-bond donors (Lipinski definition) is 0. The van der Waals surface area contributed by atoms with Gasteiger partial charge in [-0.2, -0.15) is 0 Å². The highest BCUT2D eigenvalue weighted by Gasteiger charge is 1.94. The van der Waals surface area contributed by atoms with Gasteiger partial charge in [0.15, 0.2) is 0 Å². The van der Waals surface area contributed by atoms with Gasteiger partial charge in [-0.05, 0) is 37.8 Å². The van der Waals surface area contributed by atoms with Crippen LogP contribution in [-0.4, -0.2) is 26.4 Å². The standard InChI is InChI=1S/C8H10.2C3H6O/c1-7-5-3-4-6-8(7)2;2*1-2-4-3-1/h3-6H,1-2H3;2*1-3H2. The van der Waals surface area contributed by atoms with Crippen LogP contribution in [0.4, 0.5) is 0 Å². The maximum atomic E-state index is 4.72. The lowest BCUT2D eigenvalue weighted by Gasteiger charge is -2.09. The van der Waals surface area contributed by atoms with Gasteiger partial charge in [-0.15, -0.1) is 0 Å². The summed E-state index contributed by atoms with van der Waals surface area (Å²) in [6.07, 6.45) is 2.56. The zero-order valence-corrected chi connectivity index (χ0v) is 10.4. The van der Waals surface area contributed by atoms with E-state index in [2.05, 4.69) is 38.1 Å². The van der Waals surface area contributed by atoms with E-state index in [-0.39, 0.29) is 0 Å². The normalized spacial score (nSPS) is 16.6. The second-order valence-electron chi connectivity index (χ2n) is 4.02. The van der Waals surface area contributed by atoms with Gasteiger partial charge in [-0.3, -0.25) is 0 Å². The summed E-state index contributed by atoms with van der Waals surface area (Å²) in [4.78, 5) is 0. The van der Waals surface area contributed by atoms with E-state index in [1.54, 1.807) is 0 Å². The molecule has 0 aromatic heterocycles. The molecule has 0 bridgehead atoms. The van der Waals surface area contributed by atoms with Crippen LogP contribution in [0, 0.1) is 13.8 Å². The summed E-state index contributed by atoms with van der Waals surface area (Å²) in [6, 6.07) is 8.36. The number of ether oxygens (including phenoxy) is 2. The van der Waals surface area contributed by atoms with Crippen LogP contribution in [0.3, 0.4) is 0 Å². The Kier molecular flexibility index (Phi) is 6.86. The molecule has 2 heteroatoms. The van der Waals surface area contributed by atoms with Crippen LogP contribution in [0.25, 0.3) is 0 Å². The molecule has 0 N–H and O–H groups in total. The summed E-state index contributed by atoms with van der Waals surface area (Å²) in [5.74, 6) is 0. The van der Waals surface area contributed by atoms with Gasteiger partial charge < -0.3 is 9.47 Å². The summed E-state index contributed by atoms with van der Waals surface area (Å²) in [6.45, 7) is 8.24. The molecule has 2 heterocycles. The molecule has 1 aromatic carbocycles. The Hall–Kier alpha value is -0.860. The maximum Gasteiger partial charge on any atom is 0.0488 e. The summed E-state index contributed by atoms with van der Waals surface area (Å²) in [7, 11) is 0. The first-order chi connectivity index (χ1) is 7.80. The molecule has 0 amide bonds. The molecule has 0 saturated carbocycles. The molecular formula is C14H22O2. The Morgan fingerprint density at radius 1 is 0.750 bits per heavy atom. The van der Waals surface area contributed by atoms with E-state index in [0.717, 1.165) is 26.4 Å². The maximum absolute atomic E-state index is 4.72. The fourth-order valence-electron chi connectivity index (χ4n) is 0.951. The highest BCUT2D eigenvalue weighted by molar-refractivity contribution is 5.23. The SMILES string of the molecule is C1COC1.C1COC1.Cc1ccccc1C. The van der Waals surface area contributed by atoms with Crippen LogP contribution in [-0.2, 0) is 9.47 Å². The quantitative estimate of drug-likeness (QED) is 0.671. The summed E-state index contributed by atoms with van der Waals surface area (Å²) in [5.41, 5.74) is 2.74. The summed E-state index contributed by atoms with van der Waals surface area (Å²) in [5, 5.41) is 0. The number of hydrogen-bond acceptors (Lipinski definition) is 2. The van der Waals surface area contributed by atoms with Crippen molar-refractivity contribution in [2.24, 2.45) is 0 Å². The van der Waals surface area contributed by atoms with Gasteiger partial charge >= 0.3 is 0 Å². The lowest BCUT2D eigenvalue weighted by Crippen LogP contribution is -2.09. The molecule has 2 aliphatic rings. The lowest BCUT2D eigenvalue weighted by atomic mass is 10.1. The highest BCUT2D eigenvalue weighted by atomic mass is 16.5. The first kappa shape index (κ1) is 13.2. The van der Waals surface area contributed by atoms with Crippen molar-refractivity contribution in [2.45, 2.75) is 26.7 Å². The largest absolute Gasteiger partial charge is 0.381 e. The summed E-state index contributed by atoms with van der Waals surface area (Å²) < 4.78 is 9.44. The Balaban J connectivity index is 0.000000133. The Bertz CT molecular complexity index is 239. The third-order valence-corrected chi connectivity index (χ3v) is 2.58. The zero-order valence-electron chi connectivity index (χ0n) is 10.4. The van der Waals surface area contributed by atoms with E-state index >= 15 is 0 Å². The molecular weight excluding hydrogens is 200 g/mol. The van der Waals surface area contributed by atoms with Crippen LogP contribution in [0.5, 0.6) is 0 Å². The van der Waals surface area contributed by atoms with Gasteiger partial charge in [0.2, 0.25) is 0 Å². The smallest absolute Gasteiger partial charge is 0.0488 e. The molecule has 2 fully saturated rings. The van der Waals surface area contributed by atoms with E-state index in [9.17, 15) is 0 Å². The zero-order chi connectivity index (χ0) is 11.6. The third-order valence-electron chi connectivity index (χ3n) is 2.58. The Morgan fingerprint density at radius 2 is 1.00 bits per heavy atom. The van der Waals surface area contributed by atoms with E-state index < -0.39 is 0 Å². The molecule has 0 aliphatic carbocycles. The van der Waals surface area contributed by atoms with Crippen molar-refractivity contribution < 1.29 is 9.47 Å². The molecule has 0 unspecified atom stereocenters. The van der Waals surface area contributed by atoms with E-state index in [1.807, 2.05) is 0 Å². The van der Waals surface area contributed by atoms with Crippen molar-refractivity contribution in [1.29, 1.82) is 0 Å². The average molecular weight is 222 g/mol. The second-order valence-corrected chi connectivity index (χ2v) is 4.02. The van der Waals surface area contributed by atoms with E-state index in [1.165, 1.54) is 24.0 Å². The molecule has 90 valence electrons. The van der Waals surface area contributed by atoms with Crippen LogP contribution >= 0.6 is 0 Å². The van der Waals surface area contributed by atoms with Gasteiger partial charge in [0.25, 0.3) is 0 Å². The monoisotopic (exact) mass is 222 g/mol. The lowest BCUT2D eigenvalue weighted by molar-refractivity contribution is 0.0366. The minimum absolute atomic E-state index is 1.00. The molecule has 0 spiro atoms. The number of benzene rings is 1. The topological polar surface area (TPSA) is 18.5 Å². The van der Waals surface area contributed by atoms with Crippen LogP contribution in [0.2, 0.25) is 0 Å². The van der Waals surface area contributed by atoms with Crippen molar-refractivity contribution in [1.82, 2.24) is 0 Å². The van der Waals surface area contributed by atoms with Gasteiger partial charge in [-0.1, -0.05) is 24.3 Å². The highest BCUT2D eigenvalue weighted by Crippen LogP contribution is 2.02. The molecule has 0 radical (unpaired) electrons. The molecule has 2 nitrogen and oxygen atoms in total. The van der Waals surface area contributed by atoms with Gasteiger partial charge in [0, 0.05) is 26.4 Å². The third kappa shape index (κ3) is 5.89. The minimum Gasteiger partial charge on any atom is -0.381 e. The Labute approximate surface area is 98.6 Å². The first-order valence-electron chi connectivity index (χ1n) is 5.98. The molecule has 3 rings (SSSR count). The van der Waals surface area contributed by atoms with Gasteiger partial charge in [-0.25, -0.2) is 0 Å². The van der Waals surface area contributed by atoms with Crippen molar-refractivity contribution in [2.75, 3.05) is 26.4 Å². The predicted octanol–water partition coefficient (Wildman–Crippen LogP) is 3.12. The van der Waals surface area contributed by atoms with Crippen LogP contribution in [0.15, 0.2) is 24.3 Å². The first-order valence-corrected chi connectivity index (χ1v) is 5.98. The molecule has 2 aliphatic heterocycles. The second kappa shape index (κ2) is 8.31. The molecule has 2 saturated heterocycles. The van der Waals surface area contributed by atoms with Crippen molar-refractivity contribution in [3.8, 4) is 0 Å². The fraction of sp³-hybridized carbons (Fsp3) is 0.571. The fourth-order valence-corrected chi connectivity index (χ4v) is 0.951. The Morgan fingerprint density at radius 3 is 1.12 bits per heavy atom. The molecule has 0 atom stereocenters. The van der Waals surface area contributed by atoms with E-state index in [0.29, 0.717) is 0 Å². The van der Waals surface area contributed by atoms with Crippen molar-refractivity contribution in [3.63, 3.8) is 0 Å². The molecule has 1 aromatic rings. The predicted molar refractivity (Wildman–Crippen MR) is 66.8 cm³/mol. The minimum atomic E-state index is 1.00. The van der Waals surface area contributed by atoms with E-state index in [4.69, 9.17) is 9.47 Å². The number of aryl methyl sites for hydroxylation is 2. The van der Waals surface area contributed by atoms with Gasteiger partial charge in [0.05, 0.1) is 0 Å². The van der Waals surface area contributed by atoms with Crippen LogP contribution in [0.1, 0.15) is 24.0 Å². The van der Waals surface area contributed by atoms with Crippen molar-refractivity contribution in [3.05, 3.63) is 35.4 Å². The van der Waals surface area contributed by atoms with Crippen LogP contribution < -0.4 is 0 Å². The number of rotatable bonds is 0. The average Bonchev–Trinajstić information content (AvgIpc) is 2.04.